The molecule has 1 aliphatic heterocycles. The molecule has 0 atom stereocenters. The lowest BCUT2D eigenvalue weighted by Gasteiger charge is -2.23. The van der Waals surface area contributed by atoms with Crippen molar-refractivity contribution >= 4 is 23.7 Å². The monoisotopic (exact) mass is 541 g/mol. The summed E-state index contributed by atoms with van der Waals surface area (Å²) in [6.45, 7) is 1.17. The zero-order chi connectivity index (χ0) is 28.2. The smallest absolute Gasteiger partial charge is 0.268 e. The summed E-state index contributed by atoms with van der Waals surface area (Å²) in [5.41, 5.74) is 7.23. The van der Waals surface area contributed by atoms with Crippen LogP contribution in [0.25, 0.3) is 11.1 Å². The van der Waals surface area contributed by atoms with Crippen LogP contribution in [0.15, 0.2) is 115 Å². The number of hydrogen-bond acceptors (Lipinski definition) is 5. The number of amides is 2. The minimum Gasteiger partial charge on any atom is -0.411 e. The van der Waals surface area contributed by atoms with Gasteiger partial charge >= 0.3 is 0 Å². The van der Waals surface area contributed by atoms with Crippen molar-refractivity contribution in [1.82, 2.24) is 14.9 Å². The van der Waals surface area contributed by atoms with E-state index in [9.17, 15) is 9.59 Å². The maximum absolute atomic E-state index is 13.9. The van der Waals surface area contributed by atoms with E-state index < -0.39 is 0 Å². The quantitative estimate of drug-likeness (QED) is 0.169. The molecule has 6 rings (SSSR count). The number of rotatable bonds is 6. The summed E-state index contributed by atoms with van der Waals surface area (Å²) >= 11 is 0. The number of pyridine rings is 1. The summed E-state index contributed by atoms with van der Waals surface area (Å²) in [5, 5.41) is 15.2. The van der Waals surface area contributed by atoms with Crippen LogP contribution in [0.1, 0.15) is 43.2 Å². The van der Waals surface area contributed by atoms with Gasteiger partial charge in [0.05, 0.1) is 19.3 Å². The Morgan fingerprint density at radius 3 is 2.51 bits per heavy atom. The van der Waals surface area contributed by atoms with Gasteiger partial charge in [-0.2, -0.15) is 0 Å². The molecule has 3 heterocycles. The van der Waals surface area contributed by atoms with Crippen molar-refractivity contribution in [3.8, 4) is 11.1 Å². The molecule has 2 aromatic heterocycles. The van der Waals surface area contributed by atoms with Gasteiger partial charge in [-0.15, -0.1) is 0 Å². The molecule has 0 unspecified atom stereocenters. The summed E-state index contributed by atoms with van der Waals surface area (Å²) in [5.74, 6) is -0.314. The van der Waals surface area contributed by atoms with Crippen LogP contribution < -0.4 is 10.2 Å². The average Bonchev–Trinajstić information content (AvgIpc) is 3.33. The molecule has 0 saturated heterocycles. The lowest BCUT2D eigenvalue weighted by molar-refractivity contribution is 0.0941. The Balaban J connectivity index is 1.28. The fourth-order valence-electron chi connectivity index (χ4n) is 5.20. The van der Waals surface area contributed by atoms with Crippen LogP contribution >= 0.6 is 0 Å². The fraction of sp³-hybridized carbons (Fsp3) is 0.0909. The number of nitrogens with zero attached hydrogens (tertiary/aromatic N) is 4. The Bertz CT molecular complexity index is 1740. The van der Waals surface area contributed by atoms with Gasteiger partial charge in [0.25, 0.3) is 11.8 Å². The zero-order valence-corrected chi connectivity index (χ0v) is 22.1. The lowest BCUT2D eigenvalue weighted by atomic mass is 9.99. The molecule has 2 amide bonds. The zero-order valence-electron chi connectivity index (χ0n) is 22.1. The lowest BCUT2D eigenvalue weighted by Crippen LogP contribution is -2.30. The van der Waals surface area contributed by atoms with Crippen molar-refractivity contribution in [2.45, 2.75) is 19.6 Å². The highest BCUT2D eigenvalue weighted by Gasteiger charge is 2.27. The predicted molar refractivity (Wildman–Crippen MR) is 157 cm³/mol. The van der Waals surface area contributed by atoms with E-state index in [2.05, 4.69) is 15.5 Å². The highest BCUT2D eigenvalue weighted by molar-refractivity contribution is 6.07. The maximum atomic E-state index is 13.9. The van der Waals surface area contributed by atoms with Crippen molar-refractivity contribution in [3.63, 3.8) is 0 Å². The van der Waals surface area contributed by atoms with Crippen LogP contribution in [0.4, 0.5) is 5.69 Å². The summed E-state index contributed by atoms with van der Waals surface area (Å²) in [7, 11) is 0. The van der Waals surface area contributed by atoms with Gasteiger partial charge in [0.2, 0.25) is 0 Å². The molecule has 3 aromatic carbocycles. The van der Waals surface area contributed by atoms with E-state index in [0.717, 1.165) is 39.2 Å². The number of hydrogen-bond donors (Lipinski definition) is 2. The number of fused-ring (bicyclic) bond motifs is 2. The summed E-state index contributed by atoms with van der Waals surface area (Å²) in [6, 6.07) is 30.3. The molecule has 1 aliphatic rings. The van der Waals surface area contributed by atoms with Gasteiger partial charge in [0.15, 0.2) is 0 Å². The first-order chi connectivity index (χ1) is 20.1. The molecule has 8 heteroatoms. The van der Waals surface area contributed by atoms with Crippen molar-refractivity contribution < 1.29 is 14.8 Å². The number of para-hydroxylation sites is 1. The number of oxime groups is 1. The number of carbonyl (C=O) groups is 2. The van der Waals surface area contributed by atoms with E-state index in [1.165, 1.54) is 6.21 Å². The van der Waals surface area contributed by atoms with Gasteiger partial charge < -0.3 is 20.0 Å². The first-order valence-corrected chi connectivity index (χ1v) is 13.2. The van der Waals surface area contributed by atoms with E-state index in [0.29, 0.717) is 30.9 Å². The molecular weight excluding hydrogens is 514 g/mol. The number of aromatic nitrogens is 2. The minimum atomic E-state index is -0.181. The van der Waals surface area contributed by atoms with Crippen LogP contribution in [0.2, 0.25) is 0 Å². The second-order valence-corrected chi connectivity index (χ2v) is 9.77. The molecular formula is C33H27N5O3. The standard InChI is InChI=1S/C33H27N5O3/c39-32(35-19-23-6-5-17-34-18-23)31-16-15-28-22-38(30-10-4-2-8-27(30)21-37(28)31)33(40)25-13-11-24(12-14-25)29-9-3-1-7-26(29)20-36-41/h1-18,20,41H,19,21-22H2,(H,35,39)/b36-20-. The van der Waals surface area contributed by atoms with E-state index in [-0.39, 0.29) is 11.8 Å². The molecule has 0 fully saturated rings. The fourth-order valence-corrected chi connectivity index (χ4v) is 5.20. The number of nitrogens with one attached hydrogen (secondary N) is 1. The highest BCUT2D eigenvalue weighted by atomic mass is 16.4. The van der Waals surface area contributed by atoms with Crippen molar-refractivity contribution in [1.29, 1.82) is 0 Å². The normalized spacial score (nSPS) is 12.4. The summed E-state index contributed by atoms with van der Waals surface area (Å²) in [6.07, 6.45) is 4.82. The Morgan fingerprint density at radius 2 is 1.71 bits per heavy atom. The third kappa shape index (κ3) is 5.23. The largest absolute Gasteiger partial charge is 0.411 e. The molecule has 0 bridgehead atoms. The van der Waals surface area contributed by atoms with Crippen molar-refractivity contribution in [2.24, 2.45) is 5.16 Å². The minimum absolute atomic E-state index is 0.133. The van der Waals surface area contributed by atoms with Gasteiger partial charge in [-0.3, -0.25) is 14.6 Å². The second kappa shape index (κ2) is 11.3. The van der Waals surface area contributed by atoms with Crippen LogP contribution in [0.5, 0.6) is 0 Å². The molecule has 41 heavy (non-hydrogen) atoms. The van der Waals surface area contributed by atoms with Crippen molar-refractivity contribution in [2.75, 3.05) is 4.90 Å². The van der Waals surface area contributed by atoms with E-state index >= 15 is 0 Å². The molecule has 0 aliphatic carbocycles. The molecule has 202 valence electrons. The average molecular weight is 542 g/mol. The topological polar surface area (TPSA) is 99.8 Å². The van der Waals surface area contributed by atoms with Gasteiger partial charge in [-0.05, 0) is 58.7 Å². The molecule has 0 radical (unpaired) electrons. The molecule has 8 nitrogen and oxygen atoms in total. The van der Waals surface area contributed by atoms with E-state index in [4.69, 9.17) is 5.21 Å². The SMILES string of the molecule is O=C(NCc1cccnc1)c1ccc2n1Cc1ccccc1N(C(=O)c1ccc(-c3ccccc3/C=N\O)cc1)C2. The van der Waals surface area contributed by atoms with Crippen LogP contribution in [0, 0.1) is 0 Å². The first-order valence-electron chi connectivity index (χ1n) is 13.2. The second-order valence-electron chi connectivity index (χ2n) is 9.77. The van der Waals surface area contributed by atoms with Gasteiger partial charge in [-0.25, -0.2) is 0 Å². The third-order valence-corrected chi connectivity index (χ3v) is 7.26. The number of benzene rings is 3. The Kier molecular flexibility index (Phi) is 7.11. The number of carbonyl (C=O) groups excluding carboxylic acids is 2. The maximum Gasteiger partial charge on any atom is 0.268 e. The molecule has 0 spiro atoms. The van der Waals surface area contributed by atoms with Crippen LogP contribution in [0.3, 0.4) is 0 Å². The van der Waals surface area contributed by atoms with Crippen LogP contribution in [-0.4, -0.2) is 32.8 Å². The Morgan fingerprint density at radius 1 is 0.902 bits per heavy atom. The highest BCUT2D eigenvalue weighted by Crippen LogP contribution is 2.31. The van der Waals surface area contributed by atoms with Crippen molar-refractivity contribution in [3.05, 3.63) is 143 Å². The molecule has 2 N–H and O–H groups in total. The molecule has 5 aromatic rings. The first kappa shape index (κ1) is 25.8. The van der Waals surface area contributed by atoms with Gasteiger partial charge in [0, 0.05) is 41.4 Å². The summed E-state index contributed by atoms with van der Waals surface area (Å²) in [4.78, 5) is 33.0. The van der Waals surface area contributed by atoms with Crippen LogP contribution in [-0.2, 0) is 19.6 Å². The predicted octanol–water partition coefficient (Wildman–Crippen LogP) is 5.50. The van der Waals surface area contributed by atoms with Gasteiger partial charge in [-0.1, -0.05) is 65.8 Å². The molecule has 0 saturated carbocycles. The van der Waals surface area contributed by atoms with E-state index in [1.54, 1.807) is 17.3 Å². The summed E-state index contributed by atoms with van der Waals surface area (Å²) < 4.78 is 1.98. The Hall–Kier alpha value is -5.50. The van der Waals surface area contributed by atoms with Gasteiger partial charge in [0.1, 0.15) is 5.69 Å². The third-order valence-electron chi connectivity index (χ3n) is 7.26. The number of anilines is 1. The Labute approximate surface area is 237 Å². The van der Waals surface area contributed by atoms with E-state index in [1.807, 2.05) is 102 Å².